The number of hydrogen-bond donors (Lipinski definition) is 0. The molecular weight excluding hydrogens is 376 g/mol. The van der Waals surface area contributed by atoms with E-state index < -0.39 is 0 Å². The average molecular weight is 419 g/mol. The Kier molecular flexibility index (Phi) is 13.9. The Balaban J connectivity index is 2.68. The van der Waals surface area contributed by atoms with Gasteiger partial charge in [-0.1, -0.05) is 85.1 Å². The molecule has 4 nitrogen and oxygen atoms in total. The Labute approximate surface area is 183 Å². The fraction of sp³-hybridized carbons (Fsp3) is 0.692. The van der Waals surface area contributed by atoms with Gasteiger partial charge in [-0.2, -0.15) is 0 Å². The van der Waals surface area contributed by atoms with E-state index in [-0.39, 0.29) is 11.9 Å². The van der Waals surface area contributed by atoms with Crippen molar-refractivity contribution in [1.82, 2.24) is 0 Å². The number of unbranched alkanes of at least 4 members (excludes halogenated alkanes) is 8. The highest BCUT2D eigenvalue weighted by atomic mass is 16.6. The summed E-state index contributed by atoms with van der Waals surface area (Å²) in [7, 11) is 0. The largest absolute Gasteiger partial charge is 0.423 e. The molecule has 0 unspecified atom stereocenters. The van der Waals surface area contributed by atoms with Gasteiger partial charge in [-0.3, -0.25) is 9.59 Å². The molecule has 0 amide bonds. The third-order valence-electron chi connectivity index (χ3n) is 5.07. The van der Waals surface area contributed by atoms with Crippen molar-refractivity contribution in [2.45, 2.75) is 111 Å². The molecule has 4 heteroatoms. The van der Waals surface area contributed by atoms with Crippen LogP contribution in [0.15, 0.2) is 18.2 Å². The highest BCUT2D eigenvalue weighted by Gasteiger charge is 2.15. The van der Waals surface area contributed by atoms with Gasteiger partial charge in [-0.05, 0) is 42.9 Å². The number of carbonyl (C=O) groups is 2. The SMILES string of the molecule is CCCCCCCC(=O)Oc1ccc(CC(C)C)cc1OC(=O)CCCCCCC. The third kappa shape index (κ3) is 12.0. The quantitative estimate of drug-likeness (QED) is 0.159. The van der Waals surface area contributed by atoms with E-state index in [1.54, 1.807) is 6.07 Å². The first-order valence-corrected chi connectivity index (χ1v) is 12.0. The van der Waals surface area contributed by atoms with Crippen LogP contribution in [0, 0.1) is 5.92 Å². The van der Waals surface area contributed by atoms with Crippen LogP contribution in [0.3, 0.4) is 0 Å². The fourth-order valence-electron chi connectivity index (χ4n) is 3.41. The summed E-state index contributed by atoms with van der Waals surface area (Å²) in [6.45, 7) is 8.64. The zero-order chi connectivity index (χ0) is 22.2. The highest BCUT2D eigenvalue weighted by molar-refractivity contribution is 5.76. The van der Waals surface area contributed by atoms with Crippen LogP contribution in [0.1, 0.15) is 110 Å². The summed E-state index contributed by atoms with van der Waals surface area (Å²) in [5, 5.41) is 0. The summed E-state index contributed by atoms with van der Waals surface area (Å²) < 4.78 is 11.2. The van der Waals surface area contributed by atoms with Crippen molar-refractivity contribution < 1.29 is 19.1 Å². The maximum absolute atomic E-state index is 12.3. The minimum absolute atomic E-state index is 0.259. The third-order valence-corrected chi connectivity index (χ3v) is 5.07. The Morgan fingerprint density at radius 1 is 0.733 bits per heavy atom. The summed E-state index contributed by atoms with van der Waals surface area (Å²) in [4.78, 5) is 24.6. The van der Waals surface area contributed by atoms with E-state index in [9.17, 15) is 9.59 Å². The second kappa shape index (κ2) is 15.9. The molecule has 0 saturated heterocycles. The van der Waals surface area contributed by atoms with Gasteiger partial charge >= 0.3 is 11.9 Å². The van der Waals surface area contributed by atoms with Gasteiger partial charge in [0.05, 0.1) is 0 Å². The van der Waals surface area contributed by atoms with Crippen LogP contribution in [-0.4, -0.2) is 11.9 Å². The first kappa shape index (κ1) is 26.2. The molecule has 30 heavy (non-hydrogen) atoms. The molecule has 0 radical (unpaired) electrons. The predicted molar refractivity (Wildman–Crippen MR) is 123 cm³/mol. The maximum atomic E-state index is 12.3. The first-order chi connectivity index (χ1) is 14.5. The average Bonchev–Trinajstić information content (AvgIpc) is 2.69. The summed E-state index contributed by atoms with van der Waals surface area (Å²) in [5.41, 5.74) is 1.08. The number of ether oxygens (including phenoxy) is 2. The van der Waals surface area contributed by atoms with Gasteiger partial charge in [-0.25, -0.2) is 0 Å². The van der Waals surface area contributed by atoms with E-state index in [4.69, 9.17) is 9.47 Å². The Hall–Kier alpha value is -1.84. The van der Waals surface area contributed by atoms with Gasteiger partial charge in [-0.15, -0.1) is 0 Å². The molecular formula is C26H42O4. The van der Waals surface area contributed by atoms with Gasteiger partial charge in [0, 0.05) is 12.8 Å². The van der Waals surface area contributed by atoms with Gasteiger partial charge in [0.2, 0.25) is 0 Å². The number of esters is 2. The van der Waals surface area contributed by atoms with Crippen molar-refractivity contribution in [2.24, 2.45) is 5.92 Å². The normalized spacial score (nSPS) is 11.0. The molecule has 0 aliphatic carbocycles. The molecule has 0 bridgehead atoms. The lowest BCUT2D eigenvalue weighted by Gasteiger charge is -2.13. The maximum Gasteiger partial charge on any atom is 0.311 e. The van der Waals surface area contributed by atoms with E-state index in [1.165, 1.54) is 25.7 Å². The summed E-state index contributed by atoms with van der Waals surface area (Å²) >= 11 is 0. The second-order valence-corrected chi connectivity index (χ2v) is 8.66. The summed E-state index contributed by atoms with van der Waals surface area (Å²) in [6.07, 6.45) is 12.5. The molecule has 1 rings (SSSR count). The van der Waals surface area contributed by atoms with E-state index in [1.807, 2.05) is 12.1 Å². The van der Waals surface area contributed by atoms with Crippen molar-refractivity contribution in [3.05, 3.63) is 23.8 Å². The van der Waals surface area contributed by atoms with Crippen molar-refractivity contribution in [2.75, 3.05) is 0 Å². The highest BCUT2D eigenvalue weighted by Crippen LogP contribution is 2.30. The van der Waals surface area contributed by atoms with Gasteiger partial charge in [0.25, 0.3) is 0 Å². The van der Waals surface area contributed by atoms with Crippen molar-refractivity contribution in [3.63, 3.8) is 0 Å². The van der Waals surface area contributed by atoms with E-state index in [0.29, 0.717) is 30.3 Å². The molecule has 0 saturated carbocycles. The summed E-state index contributed by atoms with van der Waals surface area (Å²) in [5.74, 6) is 0.681. The molecule has 0 aromatic heterocycles. The second-order valence-electron chi connectivity index (χ2n) is 8.66. The summed E-state index contributed by atoms with van der Waals surface area (Å²) in [6, 6.07) is 5.56. The molecule has 0 aliphatic heterocycles. The zero-order valence-electron chi connectivity index (χ0n) is 19.6. The monoisotopic (exact) mass is 418 g/mol. The zero-order valence-corrected chi connectivity index (χ0v) is 19.6. The van der Waals surface area contributed by atoms with E-state index >= 15 is 0 Å². The Morgan fingerprint density at radius 3 is 1.73 bits per heavy atom. The van der Waals surface area contributed by atoms with E-state index in [0.717, 1.165) is 50.5 Å². The van der Waals surface area contributed by atoms with Gasteiger partial charge in [0.15, 0.2) is 11.5 Å². The number of carbonyl (C=O) groups excluding carboxylic acids is 2. The topological polar surface area (TPSA) is 52.6 Å². The lowest BCUT2D eigenvalue weighted by atomic mass is 10.0. The lowest BCUT2D eigenvalue weighted by Crippen LogP contribution is -2.12. The smallest absolute Gasteiger partial charge is 0.311 e. The van der Waals surface area contributed by atoms with E-state index in [2.05, 4.69) is 27.7 Å². The number of rotatable bonds is 16. The van der Waals surface area contributed by atoms with Crippen molar-refractivity contribution >= 4 is 11.9 Å². The van der Waals surface area contributed by atoms with Gasteiger partial charge < -0.3 is 9.47 Å². The van der Waals surface area contributed by atoms with Crippen LogP contribution in [0.25, 0.3) is 0 Å². The fourth-order valence-corrected chi connectivity index (χ4v) is 3.41. The molecule has 0 atom stereocenters. The molecule has 0 aliphatic rings. The molecule has 170 valence electrons. The van der Waals surface area contributed by atoms with Crippen LogP contribution in [0.4, 0.5) is 0 Å². The Bertz CT molecular complexity index is 621. The van der Waals surface area contributed by atoms with Crippen LogP contribution in [0.2, 0.25) is 0 Å². The van der Waals surface area contributed by atoms with Crippen LogP contribution >= 0.6 is 0 Å². The standard InChI is InChI=1S/C26H42O4/c1-5-7-9-11-13-15-25(27)29-23-18-17-22(19-21(3)4)20-24(23)30-26(28)16-14-12-10-8-6-2/h17-18,20-21H,5-16,19H2,1-4H3. The lowest BCUT2D eigenvalue weighted by molar-refractivity contribution is -0.137. The minimum Gasteiger partial charge on any atom is -0.423 e. The number of benzene rings is 1. The van der Waals surface area contributed by atoms with Crippen LogP contribution in [0.5, 0.6) is 11.5 Å². The van der Waals surface area contributed by atoms with Crippen molar-refractivity contribution in [3.8, 4) is 11.5 Å². The minimum atomic E-state index is -0.264. The molecule has 0 N–H and O–H groups in total. The number of hydrogen-bond acceptors (Lipinski definition) is 4. The van der Waals surface area contributed by atoms with Crippen LogP contribution in [-0.2, 0) is 16.0 Å². The van der Waals surface area contributed by atoms with Crippen LogP contribution < -0.4 is 9.47 Å². The first-order valence-electron chi connectivity index (χ1n) is 12.0. The molecule has 1 aromatic rings. The molecule has 1 aromatic carbocycles. The van der Waals surface area contributed by atoms with Crippen molar-refractivity contribution in [1.29, 1.82) is 0 Å². The molecule has 0 spiro atoms. The predicted octanol–water partition coefficient (Wildman–Crippen LogP) is 7.42. The Morgan fingerprint density at radius 2 is 1.23 bits per heavy atom. The molecule has 0 heterocycles. The molecule has 0 fully saturated rings. The van der Waals surface area contributed by atoms with Gasteiger partial charge in [0.1, 0.15) is 0 Å².